The molecule has 0 aliphatic heterocycles. The van der Waals surface area contributed by atoms with Crippen molar-refractivity contribution in [3.63, 3.8) is 0 Å². The second-order valence-corrected chi connectivity index (χ2v) is 6.08. The lowest BCUT2D eigenvalue weighted by Gasteiger charge is -2.16. The maximum Gasteiger partial charge on any atom is 0.267 e. The fraction of sp³-hybridized carbons (Fsp3) is 0.353. The monoisotopic (exact) mass is 331 g/mol. The summed E-state index contributed by atoms with van der Waals surface area (Å²) in [6.07, 6.45) is 4.10. The maximum atomic E-state index is 12.0. The molecule has 23 heavy (non-hydrogen) atoms. The van der Waals surface area contributed by atoms with E-state index in [0.717, 1.165) is 36.9 Å². The molecule has 0 unspecified atom stereocenters. The number of hydrogen-bond donors (Lipinski definition) is 1. The Labute approximate surface area is 139 Å². The van der Waals surface area contributed by atoms with Gasteiger partial charge in [0.1, 0.15) is 0 Å². The van der Waals surface area contributed by atoms with Gasteiger partial charge in [0, 0.05) is 23.2 Å². The number of amides is 1. The second-order valence-electron chi connectivity index (χ2n) is 5.65. The smallest absolute Gasteiger partial charge is 0.267 e. The highest BCUT2D eigenvalue weighted by Crippen LogP contribution is 2.16. The van der Waals surface area contributed by atoms with Crippen molar-refractivity contribution in [1.82, 2.24) is 15.1 Å². The van der Waals surface area contributed by atoms with Crippen LogP contribution in [0, 0.1) is 0 Å². The molecule has 0 saturated heterocycles. The minimum absolute atomic E-state index is 0.105. The third-order valence-electron chi connectivity index (χ3n) is 3.99. The quantitative estimate of drug-likeness (QED) is 0.934. The summed E-state index contributed by atoms with van der Waals surface area (Å²) in [4.78, 5) is 24.0. The average molecular weight is 332 g/mol. The minimum atomic E-state index is -0.187. The van der Waals surface area contributed by atoms with E-state index >= 15 is 0 Å². The number of halogens is 1. The summed E-state index contributed by atoms with van der Waals surface area (Å²) in [5, 5.41) is 7.81. The Bertz CT molecular complexity index is 768. The fourth-order valence-electron chi connectivity index (χ4n) is 2.74. The van der Waals surface area contributed by atoms with Gasteiger partial charge in [0.05, 0.1) is 12.2 Å². The predicted octanol–water partition coefficient (Wildman–Crippen LogP) is 2.21. The SMILES string of the molecule is O=C(NCCn1nc2c(cc1=O)CCCC2)c1ccc(Cl)cc1. The molecule has 0 spiro atoms. The zero-order valence-electron chi connectivity index (χ0n) is 12.7. The molecular weight excluding hydrogens is 314 g/mol. The average Bonchev–Trinajstić information content (AvgIpc) is 2.56. The van der Waals surface area contributed by atoms with Crippen LogP contribution in [0.1, 0.15) is 34.5 Å². The van der Waals surface area contributed by atoms with Crippen molar-refractivity contribution >= 4 is 17.5 Å². The zero-order valence-corrected chi connectivity index (χ0v) is 13.5. The van der Waals surface area contributed by atoms with Crippen LogP contribution in [0.5, 0.6) is 0 Å². The van der Waals surface area contributed by atoms with Gasteiger partial charge in [0.15, 0.2) is 0 Å². The first-order valence-corrected chi connectivity index (χ1v) is 8.15. The van der Waals surface area contributed by atoms with Gasteiger partial charge in [0.25, 0.3) is 11.5 Å². The first-order valence-electron chi connectivity index (χ1n) is 7.77. The van der Waals surface area contributed by atoms with Gasteiger partial charge in [0.2, 0.25) is 0 Å². The number of nitrogens with one attached hydrogen (secondary N) is 1. The summed E-state index contributed by atoms with van der Waals surface area (Å²) in [7, 11) is 0. The minimum Gasteiger partial charge on any atom is -0.350 e. The van der Waals surface area contributed by atoms with Crippen molar-refractivity contribution in [2.75, 3.05) is 6.54 Å². The molecule has 0 fully saturated rings. The molecule has 1 aliphatic rings. The molecule has 1 aromatic carbocycles. The van der Waals surface area contributed by atoms with Crippen molar-refractivity contribution in [2.45, 2.75) is 32.2 Å². The fourth-order valence-corrected chi connectivity index (χ4v) is 2.87. The van der Waals surface area contributed by atoms with E-state index in [4.69, 9.17) is 11.6 Å². The molecule has 3 rings (SSSR count). The molecule has 5 nitrogen and oxygen atoms in total. The number of rotatable bonds is 4. The van der Waals surface area contributed by atoms with Gasteiger partial charge < -0.3 is 5.32 Å². The highest BCUT2D eigenvalue weighted by molar-refractivity contribution is 6.30. The van der Waals surface area contributed by atoms with Crippen molar-refractivity contribution < 1.29 is 4.79 Å². The lowest BCUT2D eigenvalue weighted by Crippen LogP contribution is -2.33. The summed E-state index contributed by atoms with van der Waals surface area (Å²) < 4.78 is 1.44. The number of aryl methyl sites for hydroxylation is 2. The number of aromatic nitrogens is 2. The molecule has 2 aromatic rings. The number of fused-ring (bicyclic) bond motifs is 1. The number of carbonyl (C=O) groups is 1. The third kappa shape index (κ3) is 3.79. The Balaban J connectivity index is 1.61. The number of carbonyl (C=O) groups excluding carboxylic acids is 1. The van der Waals surface area contributed by atoms with Gasteiger partial charge in [-0.05, 0) is 55.5 Å². The Hall–Kier alpha value is -2.14. The predicted molar refractivity (Wildman–Crippen MR) is 88.9 cm³/mol. The van der Waals surface area contributed by atoms with Crippen molar-refractivity contribution in [3.05, 3.63) is 62.5 Å². The van der Waals surface area contributed by atoms with Gasteiger partial charge in [-0.2, -0.15) is 5.10 Å². The highest BCUT2D eigenvalue weighted by Gasteiger charge is 2.13. The first-order chi connectivity index (χ1) is 11.1. The number of benzene rings is 1. The Morgan fingerprint density at radius 3 is 2.74 bits per heavy atom. The van der Waals surface area contributed by atoms with E-state index in [1.165, 1.54) is 4.68 Å². The topological polar surface area (TPSA) is 64.0 Å². The summed E-state index contributed by atoms with van der Waals surface area (Å²) in [6.45, 7) is 0.721. The van der Waals surface area contributed by atoms with Crippen LogP contribution in [0.2, 0.25) is 5.02 Å². The standard InChI is InChI=1S/C17H18ClN3O2/c18-14-7-5-12(6-8-14)17(23)19-9-10-21-16(22)11-13-3-1-2-4-15(13)20-21/h5-8,11H,1-4,9-10H2,(H,19,23). The van der Waals surface area contributed by atoms with E-state index in [-0.39, 0.29) is 11.5 Å². The van der Waals surface area contributed by atoms with Crippen LogP contribution in [-0.4, -0.2) is 22.2 Å². The molecule has 0 saturated carbocycles. The Morgan fingerprint density at radius 1 is 1.22 bits per heavy atom. The van der Waals surface area contributed by atoms with Gasteiger partial charge >= 0.3 is 0 Å². The number of hydrogen-bond acceptors (Lipinski definition) is 3. The van der Waals surface area contributed by atoms with Crippen LogP contribution in [0.3, 0.4) is 0 Å². The van der Waals surface area contributed by atoms with Crippen LogP contribution >= 0.6 is 11.6 Å². The summed E-state index contributed by atoms with van der Waals surface area (Å²) in [6, 6.07) is 8.36. The molecule has 1 N–H and O–H groups in total. The molecule has 1 heterocycles. The van der Waals surface area contributed by atoms with Gasteiger partial charge in [-0.1, -0.05) is 11.6 Å². The molecule has 1 amide bonds. The van der Waals surface area contributed by atoms with Crippen molar-refractivity contribution in [3.8, 4) is 0 Å². The molecule has 0 atom stereocenters. The van der Waals surface area contributed by atoms with Crippen LogP contribution in [0.25, 0.3) is 0 Å². The largest absolute Gasteiger partial charge is 0.350 e. The Kier molecular flexibility index (Phi) is 4.76. The van der Waals surface area contributed by atoms with E-state index in [2.05, 4.69) is 10.4 Å². The van der Waals surface area contributed by atoms with Crippen molar-refractivity contribution in [1.29, 1.82) is 0 Å². The van der Waals surface area contributed by atoms with E-state index in [1.54, 1.807) is 30.3 Å². The second kappa shape index (κ2) is 6.96. The van der Waals surface area contributed by atoms with Crippen LogP contribution in [-0.2, 0) is 19.4 Å². The molecule has 0 radical (unpaired) electrons. The maximum absolute atomic E-state index is 12.0. The van der Waals surface area contributed by atoms with Crippen LogP contribution in [0.15, 0.2) is 35.1 Å². The molecule has 0 bridgehead atoms. The zero-order chi connectivity index (χ0) is 16.2. The lowest BCUT2D eigenvalue weighted by molar-refractivity contribution is 0.0951. The molecule has 1 aliphatic carbocycles. The third-order valence-corrected chi connectivity index (χ3v) is 4.24. The normalized spacial score (nSPS) is 13.4. The Morgan fingerprint density at radius 2 is 1.96 bits per heavy atom. The van der Waals surface area contributed by atoms with Gasteiger partial charge in [-0.3, -0.25) is 9.59 Å². The first kappa shape index (κ1) is 15.7. The van der Waals surface area contributed by atoms with Crippen molar-refractivity contribution in [2.24, 2.45) is 0 Å². The summed E-state index contributed by atoms with van der Waals surface area (Å²) in [5.74, 6) is -0.187. The number of nitrogens with zero attached hydrogens (tertiary/aromatic N) is 2. The lowest BCUT2D eigenvalue weighted by atomic mass is 9.97. The van der Waals surface area contributed by atoms with E-state index in [1.807, 2.05) is 0 Å². The molecule has 120 valence electrons. The summed E-state index contributed by atoms with van der Waals surface area (Å²) in [5.41, 5.74) is 2.52. The molecular formula is C17H18ClN3O2. The van der Waals surface area contributed by atoms with Crippen LogP contribution in [0.4, 0.5) is 0 Å². The van der Waals surface area contributed by atoms with Crippen LogP contribution < -0.4 is 10.9 Å². The van der Waals surface area contributed by atoms with E-state index in [0.29, 0.717) is 23.7 Å². The van der Waals surface area contributed by atoms with E-state index in [9.17, 15) is 9.59 Å². The van der Waals surface area contributed by atoms with Gasteiger partial charge in [-0.25, -0.2) is 4.68 Å². The summed E-state index contributed by atoms with van der Waals surface area (Å²) >= 11 is 5.80. The highest BCUT2D eigenvalue weighted by atomic mass is 35.5. The molecule has 1 aromatic heterocycles. The van der Waals surface area contributed by atoms with E-state index < -0.39 is 0 Å². The molecule has 6 heteroatoms. The van der Waals surface area contributed by atoms with Gasteiger partial charge in [-0.15, -0.1) is 0 Å².